The molecule has 0 spiro atoms. The summed E-state index contributed by atoms with van der Waals surface area (Å²) in [5.41, 5.74) is -16.9. The van der Waals surface area contributed by atoms with Crippen molar-refractivity contribution in [3.63, 3.8) is 0 Å². The van der Waals surface area contributed by atoms with Crippen LogP contribution in [-0.4, -0.2) is 4.57 Å². The fourth-order valence-electron chi connectivity index (χ4n) is 6.20. The summed E-state index contributed by atoms with van der Waals surface area (Å²) in [5, 5.41) is -1.62. The van der Waals surface area contributed by atoms with E-state index in [0.29, 0.717) is 4.57 Å². The van der Waals surface area contributed by atoms with E-state index < -0.39 is 354 Å². The Balaban J connectivity index is 1.28. The van der Waals surface area contributed by atoms with Crippen molar-refractivity contribution in [2.45, 2.75) is 0 Å². The zero-order valence-electron chi connectivity index (χ0n) is 72.9. The fourth-order valence-corrected chi connectivity index (χ4v) is 6.20. The first-order chi connectivity index (χ1) is 48.2. The Morgan fingerprint density at radius 1 is 0.290 bits per heavy atom. The minimum absolute atomic E-state index is 0.171. The maximum atomic E-state index is 9.97. The number of hydrogen-bond acceptors (Lipinski definition) is 1. The summed E-state index contributed by atoms with van der Waals surface area (Å²) in [7, 11) is 0. The Morgan fingerprint density at radius 2 is 0.710 bits per heavy atom. The molecule has 2 nitrogen and oxygen atoms in total. The smallest absolute Gasteiger partial charge is 0.0651 e. The Hall–Kier alpha value is -8.20. The predicted octanol–water partition coefficient (Wildman–Crippen LogP) is 16.6. The van der Waals surface area contributed by atoms with Gasteiger partial charge in [-0.25, -0.2) is 0 Å². The van der Waals surface area contributed by atoms with E-state index in [4.69, 9.17) is 31.5 Å². The molecule has 0 radical (unpaired) electrons. The molecule has 0 bridgehead atoms. The van der Waals surface area contributed by atoms with E-state index in [2.05, 4.69) is 0 Å². The van der Waals surface area contributed by atoms with E-state index in [-0.39, 0.29) is 4.90 Å². The number of aromatic nitrogens is 1. The van der Waals surface area contributed by atoms with Gasteiger partial charge in [-0.15, -0.1) is 0 Å². The second-order valence-electron chi connectivity index (χ2n) is 12.5. The molecule has 0 unspecified atom stereocenters. The predicted molar refractivity (Wildman–Crippen MR) is 263 cm³/mol. The minimum Gasteiger partial charge on any atom is -0.310 e. The highest BCUT2D eigenvalue weighted by atomic mass is 15.1. The van der Waals surface area contributed by atoms with Crippen LogP contribution in [0, 0.1) is 0 Å². The molecule has 0 atom stereocenters. The third kappa shape index (κ3) is 6.94. The summed E-state index contributed by atoms with van der Waals surface area (Å²) >= 11 is 0. The van der Waals surface area contributed by atoms with E-state index in [1.165, 1.54) is 0 Å². The van der Waals surface area contributed by atoms with Crippen LogP contribution in [0.25, 0.3) is 83.1 Å². The van der Waals surface area contributed by atoms with Gasteiger partial charge in [-0.1, -0.05) is 193 Å². The van der Waals surface area contributed by atoms with Crippen molar-refractivity contribution in [1.82, 2.24) is 4.57 Å². The lowest BCUT2D eigenvalue weighted by Gasteiger charge is -2.28. The van der Waals surface area contributed by atoms with Crippen molar-refractivity contribution in [2.24, 2.45) is 0 Å². The van der Waals surface area contributed by atoms with Crippen LogP contribution in [-0.2, 0) is 0 Å². The van der Waals surface area contributed by atoms with E-state index in [9.17, 15) is 26.0 Å². The van der Waals surface area contributed by atoms with Gasteiger partial charge < -0.3 is 9.47 Å². The van der Waals surface area contributed by atoms with Crippen molar-refractivity contribution >= 4 is 38.9 Å². The molecule has 1 heterocycles. The van der Waals surface area contributed by atoms with E-state index >= 15 is 0 Å². The summed E-state index contributed by atoms with van der Waals surface area (Å²) in [6.07, 6.45) is 0. The number of hydrogen-bond donors (Lipinski definition) is 0. The lowest BCUT2D eigenvalue weighted by molar-refractivity contribution is 1.18. The second kappa shape index (κ2) is 16.1. The van der Waals surface area contributed by atoms with Gasteiger partial charge in [-0.2, -0.15) is 0 Å². The van der Waals surface area contributed by atoms with Gasteiger partial charge in [0.15, 0.2) is 0 Å². The summed E-state index contributed by atoms with van der Waals surface area (Å²) in [5.74, 6) is 0. The minimum atomic E-state index is -1.50. The molecule has 0 aliphatic carbocycles. The van der Waals surface area contributed by atoms with Crippen molar-refractivity contribution < 1.29 is 57.6 Å². The molecule has 62 heavy (non-hydrogen) atoms. The van der Waals surface area contributed by atoms with Crippen molar-refractivity contribution in [3.05, 3.63) is 254 Å². The molecule has 1 aromatic heterocycles. The van der Waals surface area contributed by atoms with Gasteiger partial charge in [0.1, 0.15) is 0 Å². The lowest BCUT2D eigenvalue weighted by atomic mass is 9.99. The normalized spacial score (nSPS) is 20.7. The fraction of sp³-hybridized carbons (Fsp3) is 0. The largest absolute Gasteiger partial charge is 0.310 e. The Morgan fingerprint density at radius 3 is 1.34 bits per heavy atom. The molecule has 10 aromatic carbocycles. The molecule has 11 rings (SSSR count). The van der Waals surface area contributed by atoms with Crippen molar-refractivity contribution in [3.8, 4) is 61.3 Å². The van der Waals surface area contributed by atoms with Gasteiger partial charge in [-0.05, 0) is 110 Å². The molecule has 0 amide bonds. The van der Waals surface area contributed by atoms with Gasteiger partial charge >= 0.3 is 0 Å². The number of nitrogens with zero attached hydrogens (tertiary/aromatic N) is 2. The van der Waals surface area contributed by atoms with E-state index in [1.807, 2.05) is 0 Å². The van der Waals surface area contributed by atoms with Crippen LogP contribution >= 0.6 is 0 Å². The number of rotatable bonds is 9. The maximum Gasteiger partial charge on any atom is 0.0651 e. The zero-order chi connectivity index (χ0) is 77.8. The van der Waals surface area contributed by atoms with Gasteiger partial charge in [0.2, 0.25) is 0 Å². The molecule has 0 fully saturated rings. The van der Waals surface area contributed by atoms with Crippen LogP contribution < -0.4 is 4.90 Å². The quantitative estimate of drug-likeness (QED) is 0.141. The number of benzene rings is 10. The average molecular weight is 833 g/mol. The van der Waals surface area contributed by atoms with Crippen LogP contribution in [0.3, 0.4) is 0 Å². The Bertz CT molecular complexity index is 5660. The van der Waals surface area contributed by atoms with Gasteiger partial charge in [0.25, 0.3) is 0 Å². The standard InChI is InChI=1S/C60H42N2/c1-4-15-43(16-5-1)45-27-29-46(30-28-45)47-31-36-52(37-32-47)61(58-25-12-10-23-55(58)49-19-8-3-9-20-49)53-38-33-48(34-39-53)51-35-40-60-57(42-51)56-24-11-13-26-59(56)62(60)54-22-14-21-50(41-54)44-17-6-2-7-18-44/h1-42H/i1D,2D,3D,4D,5D,6D,7D,8D,9D,10D,11D,12D,13D,14D,15D,16D,17D,18D,19D,20D,21D,22D,23D,24D,25D,26D,27D,28D,29D,30D,31D,32D,33D,34D,35D,36D,37D,38D,39D,40D,41D,42D. The highest BCUT2D eigenvalue weighted by molar-refractivity contribution is 6.10. The van der Waals surface area contributed by atoms with Crippen LogP contribution in [0.5, 0.6) is 0 Å². The van der Waals surface area contributed by atoms with E-state index in [0.717, 1.165) is 0 Å². The molecular weight excluding hydrogens is 749 g/mol. The first kappa shape index (κ1) is 13.4. The number of fused-ring (bicyclic) bond motifs is 3. The van der Waals surface area contributed by atoms with Gasteiger partial charge in [-0.3, -0.25) is 0 Å². The first-order valence-electron chi connectivity index (χ1n) is 38.8. The number of anilines is 3. The van der Waals surface area contributed by atoms with Crippen LogP contribution in [0.4, 0.5) is 17.1 Å². The molecule has 2 heteroatoms. The monoisotopic (exact) mass is 833 g/mol. The summed E-state index contributed by atoms with van der Waals surface area (Å²) < 4.78 is 382. The third-order valence-corrected chi connectivity index (χ3v) is 8.93. The van der Waals surface area contributed by atoms with E-state index in [1.54, 1.807) is 0 Å². The molecule has 292 valence electrons. The topological polar surface area (TPSA) is 8.17 Å². The van der Waals surface area contributed by atoms with Crippen LogP contribution in [0.2, 0.25) is 0 Å². The van der Waals surface area contributed by atoms with Crippen LogP contribution in [0.15, 0.2) is 254 Å². The molecule has 0 aliphatic heterocycles. The van der Waals surface area contributed by atoms with Gasteiger partial charge in [0, 0.05) is 33.4 Å². The van der Waals surface area contributed by atoms with Crippen molar-refractivity contribution in [2.75, 3.05) is 4.90 Å². The zero-order valence-corrected chi connectivity index (χ0v) is 30.9. The third-order valence-electron chi connectivity index (χ3n) is 8.93. The average Bonchev–Trinajstić information content (AvgIpc) is 1.35. The number of para-hydroxylation sites is 2. The molecule has 0 saturated heterocycles. The summed E-state index contributed by atoms with van der Waals surface area (Å²) in [6.45, 7) is 0. The van der Waals surface area contributed by atoms with Gasteiger partial charge in [0.05, 0.1) is 74.3 Å². The molecule has 0 saturated carbocycles. The summed E-state index contributed by atoms with van der Waals surface area (Å²) in [6, 6.07) is -49.3. The van der Waals surface area contributed by atoms with Crippen LogP contribution in [0.1, 0.15) is 57.6 Å². The van der Waals surface area contributed by atoms with Crippen molar-refractivity contribution in [1.29, 1.82) is 0 Å². The second-order valence-corrected chi connectivity index (χ2v) is 12.5. The first-order valence-corrected chi connectivity index (χ1v) is 17.8. The lowest BCUT2D eigenvalue weighted by Crippen LogP contribution is -2.11. The maximum absolute atomic E-state index is 9.97. The summed E-state index contributed by atoms with van der Waals surface area (Å²) in [4.78, 5) is 0.171. The molecule has 11 aromatic rings. The Labute approximate surface area is 421 Å². The molecule has 0 N–H and O–H groups in total. The SMILES string of the molecule is [2H]c1c([2H])c([2H])c(-c2c([2H])c([2H])c(-c3c([2H])c([2H])c(N(c4c([2H])c([2H])c(-c5c([2H])c([2H])c6c(c5[2H])c5c([2H])c([2H])c([2H])c([2H])c5n6-c5c([2H])c([2H])c([2H])c(-c6c([2H])c([2H])c([2H])c([2H])c6[2H])c5[2H])c([2H])c4[2H])c4c([2H])c([2H])c([2H])c([2H])c4-c4c([2H])c([2H])c([2H])c([2H])c4[2H])c([2H])c3[2H])c([2H])c2[2H])c([2H])c1[2H]. The Kier molecular flexibility index (Phi) is 3.48. The molecule has 0 aliphatic rings. The molecular formula is C60H42N2. The highest BCUT2D eigenvalue weighted by Gasteiger charge is 2.19. The highest BCUT2D eigenvalue weighted by Crippen LogP contribution is 2.43.